The van der Waals surface area contributed by atoms with Gasteiger partial charge in [0, 0.05) is 11.4 Å². The summed E-state index contributed by atoms with van der Waals surface area (Å²) >= 11 is 11.7. The highest BCUT2D eigenvalue weighted by molar-refractivity contribution is 7.89. The molecular formula is C12H10ClFN2O2S3. The van der Waals surface area contributed by atoms with Crippen molar-refractivity contribution in [2.75, 3.05) is 0 Å². The van der Waals surface area contributed by atoms with E-state index in [2.05, 4.69) is 4.72 Å². The number of hydrogen-bond acceptors (Lipinski definition) is 4. The van der Waals surface area contributed by atoms with Crippen LogP contribution in [0.2, 0.25) is 4.34 Å². The second-order valence-corrected chi connectivity index (χ2v) is 7.98. The third-order valence-electron chi connectivity index (χ3n) is 2.58. The van der Waals surface area contributed by atoms with Crippen molar-refractivity contribution < 1.29 is 12.8 Å². The van der Waals surface area contributed by atoms with E-state index in [-0.39, 0.29) is 22.0 Å². The summed E-state index contributed by atoms with van der Waals surface area (Å²) in [5.41, 5.74) is 5.12. The highest BCUT2D eigenvalue weighted by Crippen LogP contribution is 2.23. The molecule has 0 saturated carbocycles. The predicted octanol–water partition coefficient (Wildman–Crippen LogP) is 2.65. The predicted molar refractivity (Wildman–Crippen MR) is 85.6 cm³/mol. The van der Waals surface area contributed by atoms with Crippen LogP contribution in [-0.2, 0) is 16.6 Å². The van der Waals surface area contributed by atoms with Crippen LogP contribution in [0.5, 0.6) is 0 Å². The van der Waals surface area contributed by atoms with Gasteiger partial charge in [-0.05, 0) is 24.3 Å². The van der Waals surface area contributed by atoms with Gasteiger partial charge < -0.3 is 5.73 Å². The van der Waals surface area contributed by atoms with Crippen LogP contribution in [0.3, 0.4) is 0 Å². The number of benzene rings is 1. The molecular weight excluding hydrogens is 355 g/mol. The summed E-state index contributed by atoms with van der Waals surface area (Å²) in [7, 11) is -3.94. The van der Waals surface area contributed by atoms with E-state index in [4.69, 9.17) is 29.6 Å². The Morgan fingerprint density at radius 3 is 2.67 bits per heavy atom. The van der Waals surface area contributed by atoms with Gasteiger partial charge in [-0.1, -0.05) is 29.9 Å². The van der Waals surface area contributed by atoms with Gasteiger partial charge in [0.1, 0.15) is 10.8 Å². The molecule has 2 rings (SSSR count). The average molecular weight is 365 g/mol. The molecule has 0 radical (unpaired) electrons. The molecule has 1 aromatic heterocycles. The summed E-state index contributed by atoms with van der Waals surface area (Å²) in [6, 6.07) is 7.01. The Hall–Kier alpha value is -1.06. The van der Waals surface area contributed by atoms with Crippen molar-refractivity contribution in [3.8, 4) is 0 Å². The molecule has 0 spiro atoms. The molecule has 0 atom stereocenters. The van der Waals surface area contributed by atoms with Crippen LogP contribution < -0.4 is 10.5 Å². The third kappa shape index (κ3) is 3.78. The Morgan fingerprint density at radius 2 is 2.10 bits per heavy atom. The molecule has 0 bridgehead atoms. The number of sulfonamides is 1. The molecule has 0 aliphatic rings. The van der Waals surface area contributed by atoms with E-state index in [9.17, 15) is 12.8 Å². The van der Waals surface area contributed by atoms with Crippen LogP contribution >= 0.6 is 35.2 Å². The SMILES string of the molecule is NC(=S)c1c(F)cccc1S(=O)(=O)NCc1ccc(Cl)s1. The van der Waals surface area contributed by atoms with Crippen LogP contribution in [0, 0.1) is 5.82 Å². The first-order chi connectivity index (χ1) is 9.81. The molecule has 2 aromatic rings. The van der Waals surface area contributed by atoms with E-state index in [1.54, 1.807) is 12.1 Å². The smallest absolute Gasteiger partial charge is 0.241 e. The van der Waals surface area contributed by atoms with Crippen molar-refractivity contribution in [2.45, 2.75) is 11.4 Å². The highest BCUT2D eigenvalue weighted by atomic mass is 35.5. The Morgan fingerprint density at radius 1 is 1.38 bits per heavy atom. The van der Waals surface area contributed by atoms with E-state index >= 15 is 0 Å². The van der Waals surface area contributed by atoms with Crippen molar-refractivity contribution in [3.05, 3.63) is 50.9 Å². The number of nitrogens with two attached hydrogens (primary N) is 1. The number of thiophene rings is 1. The Bertz CT molecular complexity index is 790. The van der Waals surface area contributed by atoms with E-state index in [1.807, 2.05) is 0 Å². The molecule has 0 aliphatic carbocycles. The zero-order chi connectivity index (χ0) is 15.6. The second-order valence-electron chi connectivity index (χ2n) is 4.01. The second kappa shape index (κ2) is 6.37. The summed E-state index contributed by atoms with van der Waals surface area (Å²) in [6.07, 6.45) is 0. The molecule has 9 heteroatoms. The number of hydrogen-bond donors (Lipinski definition) is 2. The lowest BCUT2D eigenvalue weighted by Crippen LogP contribution is -2.26. The topological polar surface area (TPSA) is 72.2 Å². The van der Waals surface area contributed by atoms with Crippen molar-refractivity contribution in [1.29, 1.82) is 0 Å². The van der Waals surface area contributed by atoms with Crippen molar-refractivity contribution in [2.24, 2.45) is 5.73 Å². The van der Waals surface area contributed by atoms with Gasteiger partial charge in [0.05, 0.1) is 14.8 Å². The quantitative estimate of drug-likeness (QED) is 0.800. The first-order valence-corrected chi connectivity index (χ1v) is 8.72. The van der Waals surface area contributed by atoms with Crippen molar-refractivity contribution in [1.82, 2.24) is 4.72 Å². The molecule has 1 heterocycles. The standard InChI is InChI=1S/C12H10ClFN2O2S3/c13-10-5-4-7(20-10)6-16-21(17,18)9-3-1-2-8(14)11(9)12(15)19/h1-5,16H,6H2,(H2,15,19). The largest absolute Gasteiger partial charge is 0.389 e. The Labute approximate surface area is 135 Å². The average Bonchev–Trinajstić information content (AvgIpc) is 2.82. The summed E-state index contributed by atoms with van der Waals surface area (Å²) in [5.74, 6) is -0.774. The molecule has 1 aromatic carbocycles. The van der Waals surface area contributed by atoms with Crippen LogP contribution in [0.4, 0.5) is 4.39 Å². The van der Waals surface area contributed by atoms with Gasteiger partial charge in [-0.15, -0.1) is 11.3 Å². The number of thiocarbonyl (C=S) groups is 1. The van der Waals surface area contributed by atoms with Gasteiger partial charge in [-0.3, -0.25) is 0 Å². The van der Waals surface area contributed by atoms with E-state index in [0.717, 1.165) is 10.9 Å². The molecule has 0 unspecified atom stereocenters. The minimum absolute atomic E-state index is 0.0486. The summed E-state index contributed by atoms with van der Waals surface area (Å²) in [5, 5.41) is 0. The highest BCUT2D eigenvalue weighted by Gasteiger charge is 2.22. The number of rotatable bonds is 5. The molecule has 0 aliphatic heterocycles. The van der Waals surface area contributed by atoms with Crippen molar-refractivity contribution in [3.63, 3.8) is 0 Å². The molecule has 112 valence electrons. The van der Waals surface area contributed by atoms with E-state index < -0.39 is 15.8 Å². The maximum atomic E-state index is 13.7. The lowest BCUT2D eigenvalue weighted by Gasteiger charge is -2.10. The Balaban J connectivity index is 2.32. The van der Waals surface area contributed by atoms with Crippen LogP contribution in [0.25, 0.3) is 0 Å². The third-order valence-corrected chi connectivity index (χ3v) is 5.46. The Kier molecular flexibility index (Phi) is 4.95. The van der Waals surface area contributed by atoms with Crippen LogP contribution in [0.15, 0.2) is 35.2 Å². The fourth-order valence-electron chi connectivity index (χ4n) is 1.66. The molecule has 0 saturated heterocycles. The van der Waals surface area contributed by atoms with Gasteiger partial charge in [0.25, 0.3) is 0 Å². The summed E-state index contributed by atoms with van der Waals surface area (Å²) in [4.78, 5) is 0.141. The van der Waals surface area contributed by atoms with Gasteiger partial charge in [-0.25, -0.2) is 17.5 Å². The molecule has 21 heavy (non-hydrogen) atoms. The molecule has 0 fully saturated rings. The first kappa shape index (κ1) is 16.3. The first-order valence-electron chi connectivity index (χ1n) is 5.63. The zero-order valence-corrected chi connectivity index (χ0v) is 13.7. The van der Waals surface area contributed by atoms with E-state index in [1.165, 1.54) is 23.5 Å². The van der Waals surface area contributed by atoms with Crippen LogP contribution in [0.1, 0.15) is 10.4 Å². The van der Waals surface area contributed by atoms with Gasteiger partial charge in [0.15, 0.2) is 0 Å². The lowest BCUT2D eigenvalue weighted by atomic mass is 10.2. The minimum atomic E-state index is -3.94. The maximum Gasteiger partial charge on any atom is 0.241 e. The van der Waals surface area contributed by atoms with Gasteiger partial charge in [-0.2, -0.15) is 0 Å². The fourth-order valence-corrected chi connectivity index (χ4v) is 4.28. The monoisotopic (exact) mass is 364 g/mol. The fraction of sp³-hybridized carbons (Fsp3) is 0.0833. The minimum Gasteiger partial charge on any atom is -0.389 e. The number of nitrogens with one attached hydrogen (secondary N) is 1. The van der Waals surface area contributed by atoms with Gasteiger partial charge >= 0.3 is 0 Å². The summed E-state index contributed by atoms with van der Waals surface area (Å²) < 4.78 is 41.2. The molecule has 3 N–H and O–H groups in total. The van der Waals surface area contributed by atoms with Gasteiger partial charge in [0.2, 0.25) is 10.0 Å². The molecule has 4 nitrogen and oxygen atoms in total. The molecule has 0 amide bonds. The maximum absolute atomic E-state index is 13.7. The number of halogens is 2. The van der Waals surface area contributed by atoms with E-state index in [0.29, 0.717) is 4.34 Å². The summed E-state index contributed by atoms with van der Waals surface area (Å²) in [6.45, 7) is 0.0486. The lowest BCUT2D eigenvalue weighted by molar-refractivity contribution is 0.577. The van der Waals surface area contributed by atoms with Crippen molar-refractivity contribution >= 4 is 50.2 Å². The zero-order valence-electron chi connectivity index (χ0n) is 10.5. The van der Waals surface area contributed by atoms with Crippen LogP contribution in [-0.4, -0.2) is 13.4 Å². The normalized spacial score (nSPS) is 11.5.